The van der Waals surface area contributed by atoms with Gasteiger partial charge in [0.2, 0.25) is 5.91 Å². The molecule has 0 radical (unpaired) electrons. The summed E-state index contributed by atoms with van der Waals surface area (Å²) in [5.41, 5.74) is 3.71. The molecule has 1 heterocycles. The van der Waals surface area contributed by atoms with Gasteiger partial charge in [-0.15, -0.1) is 0 Å². The number of imidazole rings is 1. The van der Waals surface area contributed by atoms with Crippen LogP contribution in [0.4, 0.5) is 0 Å². The number of ether oxygens (including phenoxy) is 1. The van der Waals surface area contributed by atoms with E-state index in [1.807, 2.05) is 68.8 Å². The summed E-state index contributed by atoms with van der Waals surface area (Å²) in [6.07, 6.45) is 5.89. The second-order valence-electron chi connectivity index (χ2n) is 11.9. The van der Waals surface area contributed by atoms with Crippen LogP contribution >= 0.6 is 11.6 Å². The predicted octanol–water partition coefficient (Wildman–Crippen LogP) is 5.95. The van der Waals surface area contributed by atoms with Crippen LogP contribution in [0.3, 0.4) is 0 Å². The van der Waals surface area contributed by atoms with Gasteiger partial charge in [0, 0.05) is 42.6 Å². The van der Waals surface area contributed by atoms with Gasteiger partial charge in [-0.1, -0.05) is 49.9 Å². The third-order valence-corrected chi connectivity index (χ3v) is 7.94. The van der Waals surface area contributed by atoms with Crippen LogP contribution in [0.25, 0.3) is 11.0 Å². The molecule has 1 aromatic heterocycles. The summed E-state index contributed by atoms with van der Waals surface area (Å²) in [6, 6.07) is 11.4. The summed E-state index contributed by atoms with van der Waals surface area (Å²) in [4.78, 5) is 30.4. The second-order valence-corrected chi connectivity index (χ2v) is 12.3. The largest absolute Gasteiger partial charge is 0.374 e. The van der Waals surface area contributed by atoms with Gasteiger partial charge < -0.3 is 19.9 Å². The maximum atomic E-state index is 12.9. The van der Waals surface area contributed by atoms with Crippen LogP contribution < -0.4 is 10.6 Å². The van der Waals surface area contributed by atoms with E-state index in [1.165, 1.54) is 6.42 Å². The lowest BCUT2D eigenvalue weighted by atomic mass is 9.75. The first-order valence-electron chi connectivity index (χ1n) is 13.9. The van der Waals surface area contributed by atoms with Gasteiger partial charge in [-0.05, 0) is 69.0 Å². The van der Waals surface area contributed by atoms with Crippen LogP contribution in [-0.4, -0.2) is 40.1 Å². The Balaban J connectivity index is 1.42. The SMILES string of the molecule is Cn1c(Cc2cc(CNC(=O)C3(C)CCCCC3)ccc2Cl)nc2cc(C(=O)NCCOC(C)(C)C)ccc21. The minimum Gasteiger partial charge on any atom is -0.374 e. The van der Waals surface area contributed by atoms with Crippen LogP contribution in [0, 0.1) is 5.41 Å². The molecule has 0 atom stereocenters. The van der Waals surface area contributed by atoms with E-state index in [1.54, 1.807) is 0 Å². The molecule has 39 heavy (non-hydrogen) atoms. The number of rotatable bonds is 9. The highest BCUT2D eigenvalue weighted by Crippen LogP contribution is 2.36. The molecule has 0 unspecified atom stereocenters. The lowest BCUT2D eigenvalue weighted by Crippen LogP contribution is -2.39. The Labute approximate surface area is 236 Å². The van der Waals surface area contributed by atoms with Gasteiger partial charge in [0.25, 0.3) is 5.91 Å². The normalized spacial score (nSPS) is 15.3. The second kappa shape index (κ2) is 12.1. The summed E-state index contributed by atoms with van der Waals surface area (Å²) >= 11 is 6.57. The van der Waals surface area contributed by atoms with E-state index in [4.69, 9.17) is 21.3 Å². The van der Waals surface area contributed by atoms with E-state index in [-0.39, 0.29) is 22.8 Å². The molecule has 8 heteroatoms. The van der Waals surface area contributed by atoms with Crippen LogP contribution in [0.2, 0.25) is 5.02 Å². The Morgan fingerprint density at radius 1 is 1.08 bits per heavy atom. The number of halogens is 1. The summed E-state index contributed by atoms with van der Waals surface area (Å²) < 4.78 is 7.71. The topological polar surface area (TPSA) is 85.2 Å². The zero-order valence-corrected chi connectivity index (χ0v) is 24.6. The number of nitrogens with one attached hydrogen (secondary N) is 2. The Kier molecular flexibility index (Phi) is 9.02. The Morgan fingerprint density at radius 2 is 1.82 bits per heavy atom. The van der Waals surface area contributed by atoms with Crippen molar-refractivity contribution in [3.63, 3.8) is 0 Å². The number of carbonyl (C=O) groups excluding carboxylic acids is 2. The standard InChI is InChI=1S/C31H41ClN4O3/c1-30(2,3)39-16-15-33-28(37)22-10-12-26-25(18-22)35-27(36(26)5)19-23-17-21(9-11-24(23)32)20-34-29(38)31(4)13-7-6-8-14-31/h9-12,17-18H,6-8,13-16,19-20H2,1-5H3,(H,33,37)(H,34,38). The number of hydrogen-bond acceptors (Lipinski definition) is 4. The van der Waals surface area contributed by atoms with Gasteiger partial charge in [-0.25, -0.2) is 4.98 Å². The smallest absolute Gasteiger partial charge is 0.251 e. The number of carbonyl (C=O) groups is 2. The fraction of sp³-hybridized carbons (Fsp3) is 0.516. The fourth-order valence-electron chi connectivity index (χ4n) is 5.17. The van der Waals surface area contributed by atoms with Crippen molar-refractivity contribution >= 4 is 34.4 Å². The highest BCUT2D eigenvalue weighted by Gasteiger charge is 2.34. The van der Waals surface area contributed by atoms with Gasteiger partial charge in [0.15, 0.2) is 0 Å². The van der Waals surface area contributed by atoms with Crippen LogP contribution in [0.15, 0.2) is 36.4 Å². The summed E-state index contributed by atoms with van der Waals surface area (Å²) in [7, 11) is 1.97. The van der Waals surface area contributed by atoms with E-state index in [9.17, 15) is 9.59 Å². The van der Waals surface area contributed by atoms with E-state index < -0.39 is 0 Å². The summed E-state index contributed by atoms with van der Waals surface area (Å²) in [5.74, 6) is 0.830. The molecular weight excluding hydrogens is 512 g/mol. The molecule has 2 aromatic carbocycles. The molecule has 7 nitrogen and oxygen atoms in total. The first-order valence-corrected chi connectivity index (χ1v) is 14.3. The molecule has 0 spiro atoms. The molecule has 4 rings (SSSR count). The molecule has 1 aliphatic carbocycles. The number of aromatic nitrogens is 2. The number of amides is 2. The van der Waals surface area contributed by atoms with Gasteiger partial charge >= 0.3 is 0 Å². The van der Waals surface area contributed by atoms with Crippen molar-refractivity contribution < 1.29 is 14.3 Å². The molecule has 2 N–H and O–H groups in total. The first-order chi connectivity index (χ1) is 18.4. The Hall–Kier alpha value is -2.90. The molecule has 1 saturated carbocycles. The number of benzene rings is 2. The molecular formula is C31H41ClN4O3. The summed E-state index contributed by atoms with van der Waals surface area (Å²) in [6.45, 7) is 9.41. The predicted molar refractivity (Wildman–Crippen MR) is 156 cm³/mol. The molecule has 2 amide bonds. The molecule has 210 valence electrons. The van der Waals surface area contributed by atoms with Crippen molar-refractivity contribution in [2.45, 2.75) is 78.4 Å². The highest BCUT2D eigenvalue weighted by atomic mass is 35.5. The maximum Gasteiger partial charge on any atom is 0.251 e. The number of fused-ring (bicyclic) bond motifs is 1. The number of aryl methyl sites for hydroxylation is 1. The molecule has 3 aromatic rings. The van der Waals surface area contributed by atoms with Crippen molar-refractivity contribution in [3.8, 4) is 0 Å². The van der Waals surface area contributed by atoms with Crippen LogP contribution in [0.5, 0.6) is 0 Å². The monoisotopic (exact) mass is 552 g/mol. The average molecular weight is 553 g/mol. The minimum atomic E-state index is -0.267. The minimum absolute atomic E-state index is 0.135. The molecule has 1 fully saturated rings. The van der Waals surface area contributed by atoms with Crippen molar-refractivity contribution in [1.82, 2.24) is 20.2 Å². The lowest BCUT2D eigenvalue weighted by molar-refractivity contribution is -0.132. The highest BCUT2D eigenvalue weighted by molar-refractivity contribution is 6.31. The Morgan fingerprint density at radius 3 is 2.54 bits per heavy atom. The fourth-order valence-corrected chi connectivity index (χ4v) is 5.36. The zero-order valence-electron chi connectivity index (χ0n) is 23.8. The van der Waals surface area contributed by atoms with Gasteiger partial charge in [-0.3, -0.25) is 9.59 Å². The molecule has 0 saturated heterocycles. The van der Waals surface area contributed by atoms with E-state index >= 15 is 0 Å². The number of nitrogens with zero attached hydrogens (tertiary/aromatic N) is 2. The van der Waals surface area contributed by atoms with Crippen molar-refractivity contribution in [1.29, 1.82) is 0 Å². The van der Waals surface area contributed by atoms with E-state index in [2.05, 4.69) is 17.6 Å². The van der Waals surface area contributed by atoms with E-state index in [0.29, 0.717) is 36.7 Å². The summed E-state index contributed by atoms with van der Waals surface area (Å²) in [5, 5.41) is 6.72. The lowest BCUT2D eigenvalue weighted by Gasteiger charge is -2.32. The first kappa shape index (κ1) is 29.1. The van der Waals surface area contributed by atoms with Crippen molar-refractivity contribution in [3.05, 3.63) is 63.9 Å². The maximum absolute atomic E-state index is 12.9. The van der Waals surface area contributed by atoms with Gasteiger partial charge in [0.1, 0.15) is 5.82 Å². The molecule has 1 aliphatic rings. The van der Waals surface area contributed by atoms with E-state index in [0.717, 1.165) is 53.7 Å². The molecule has 0 aliphatic heterocycles. The quantitative estimate of drug-likeness (QED) is 0.321. The van der Waals surface area contributed by atoms with Crippen LogP contribution in [0.1, 0.15) is 87.1 Å². The third-order valence-electron chi connectivity index (χ3n) is 7.58. The van der Waals surface area contributed by atoms with Gasteiger partial charge in [-0.2, -0.15) is 0 Å². The van der Waals surface area contributed by atoms with Crippen LogP contribution in [-0.2, 0) is 29.5 Å². The molecule has 0 bridgehead atoms. The Bertz CT molecular complexity index is 1340. The van der Waals surface area contributed by atoms with Gasteiger partial charge in [0.05, 0.1) is 23.2 Å². The number of hydrogen-bond donors (Lipinski definition) is 2. The van der Waals surface area contributed by atoms with Crippen molar-refractivity contribution in [2.75, 3.05) is 13.2 Å². The third kappa shape index (κ3) is 7.40. The van der Waals surface area contributed by atoms with Crippen molar-refractivity contribution in [2.24, 2.45) is 12.5 Å². The average Bonchev–Trinajstić information content (AvgIpc) is 3.20. The zero-order chi connectivity index (χ0) is 28.2.